The molecule has 14 heavy (non-hydrogen) atoms. The molecule has 0 saturated heterocycles. The van der Waals surface area contributed by atoms with Crippen LogP contribution in [-0.4, -0.2) is 34.3 Å². The fourth-order valence-electron chi connectivity index (χ4n) is 1.27. The van der Waals surface area contributed by atoms with E-state index in [1.54, 1.807) is 6.20 Å². The number of aromatic nitrogens is 2. The lowest BCUT2D eigenvalue weighted by molar-refractivity contribution is 0.298. The van der Waals surface area contributed by atoms with Crippen LogP contribution in [0.4, 0.5) is 5.95 Å². The number of aliphatic hydroxyl groups is 1. The molecule has 0 amide bonds. The Balaban J connectivity index is 2.87. The Kier molecular flexibility index (Phi) is 3.83. The van der Waals surface area contributed by atoms with Crippen LogP contribution in [0, 0.1) is 6.92 Å². The molecule has 4 nitrogen and oxygen atoms in total. The molecule has 0 aromatic carbocycles. The maximum atomic E-state index is 8.92. The van der Waals surface area contributed by atoms with Crippen LogP contribution in [0.5, 0.6) is 0 Å². The highest BCUT2D eigenvalue weighted by Gasteiger charge is 2.12. The van der Waals surface area contributed by atoms with Gasteiger partial charge in [0.05, 0.1) is 6.61 Å². The predicted molar refractivity (Wildman–Crippen MR) is 56.3 cm³/mol. The Morgan fingerprint density at radius 1 is 1.50 bits per heavy atom. The molecule has 1 rings (SSSR count). The molecule has 0 radical (unpaired) electrons. The summed E-state index contributed by atoms with van der Waals surface area (Å²) in [5.41, 5.74) is 0.943. The first-order valence-electron chi connectivity index (χ1n) is 4.82. The zero-order valence-corrected chi connectivity index (χ0v) is 8.94. The van der Waals surface area contributed by atoms with Crippen LogP contribution in [0.2, 0.25) is 0 Å². The number of hydrogen-bond donors (Lipinski definition) is 1. The minimum Gasteiger partial charge on any atom is -0.395 e. The van der Waals surface area contributed by atoms with Crippen molar-refractivity contribution >= 4 is 5.95 Å². The second-order valence-electron chi connectivity index (χ2n) is 3.51. The molecule has 1 aromatic heterocycles. The van der Waals surface area contributed by atoms with E-state index in [9.17, 15) is 0 Å². The van der Waals surface area contributed by atoms with Gasteiger partial charge in [-0.05, 0) is 26.8 Å². The van der Waals surface area contributed by atoms with Crippen LogP contribution >= 0.6 is 0 Å². The summed E-state index contributed by atoms with van der Waals surface area (Å²) in [6.45, 7) is 6.74. The van der Waals surface area contributed by atoms with E-state index in [-0.39, 0.29) is 6.61 Å². The van der Waals surface area contributed by atoms with Crippen LogP contribution in [-0.2, 0) is 0 Å². The fourth-order valence-corrected chi connectivity index (χ4v) is 1.27. The molecular weight excluding hydrogens is 178 g/mol. The monoisotopic (exact) mass is 195 g/mol. The summed E-state index contributed by atoms with van der Waals surface area (Å²) in [6.07, 6.45) is 1.74. The molecule has 0 aliphatic rings. The number of anilines is 1. The average Bonchev–Trinajstić information content (AvgIpc) is 2.13. The summed E-state index contributed by atoms with van der Waals surface area (Å²) in [7, 11) is 0. The molecule has 0 fully saturated rings. The largest absolute Gasteiger partial charge is 0.395 e. The lowest BCUT2D eigenvalue weighted by Crippen LogP contribution is -2.34. The van der Waals surface area contributed by atoms with Crippen molar-refractivity contribution in [2.45, 2.75) is 26.8 Å². The third-order valence-electron chi connectivity index (χ3n) is 2.00. The van der Waals surface area contributed by atoms with E-state index < -0.39 is 0 Å². The minimum atomic E-state index is 0.121. The van der Waals surface area contributed by atoms with Crippen molar-refractivity contribution in [2.24, 2.45) is 0 Å². The zero-order valence-electron chi connectivity index (χ0n) is 8.94. The molecule has 0 spiro atoms. The third-order valence-corrected chi connectivity index (χ3v) is 2.00. The zero-order chi connectivity index (χ0) is 10.6. The molecule has 1 aromatic rings. The number of rotatable bonds is 4. The number of hydrogen-bond acceptors (Lipinski definition) is 4. The highest BCUT2D eigenvalue weighted by molar-refractivity contribution is 5.31. The van der Waals surface area contributed by atoms with Crippen molar-refractivity contribution in [1.29, 1.82) is 0 Å². The van der Waals surface area contributed by atoms with Gasteiger partial charge in [-0.25, -0.2) is 9.97 Å². The van der Waals surface area contributed by atoms with Gasteiger partial charge in [-0.1, -0.05) is 0 Å². The predicted octanol–water partition coefficient (Wildman–Crippen LogP) is 0.992. The van der Waals surface area contributed by atoms with E-state index in [1.165, 1.54) is 0 Å². The van der Waals surface area contributed by atoms with Crippen LogP contribution in [0.15, 0.2) is 12.3 Å². The molecule has 0 bridgehead atoms. The van der Waals surface area contributed by atoms with Gasteiger partial charge < -0.3 is 10.0 Å². The van der Waals surface area contributed by atoms with Crippen LogP contribution in [0.25, 0.3) is 0 Å². The molecule has 0 saturated carbocycles. The van der Waals surface area contributed by atoms with Crippen molar-refractivity contribution in [2.75, 3.05) is 18.1 Å². The normalized spacial score (nSPS) is 10.6. The molecule has 0 aliphatic carbocycles. The summed E-state index contributed by atoms with van der Waals surface area (Å²) >= 11 is 0. The van der Waals surface area contributed by atoms with Gasteiger partial charge in [-0.2, -0.15) is 0 Å². The third kappa shape index (κ3) is 2.67. The van der Waals surface area contributed by atoms with Crippen molar-refractivity contribution in [3.8, 4) is 0 Å². The second-order valence-corrected chi connectivity index (χ2v) is 3.51. The maximum absolute atomic E-state index is 8.92. The SMILES string of the molecule is Cc1ccnc(N(CCO)C(C)C)n1. The van der Waals surface area contributed by atoms with Gasteiger partial charge in [0, 0.05) is 24.5 Å². The first-order chi connectivity index (χ1) is 6.65. The lowest BCUT2D eigenvalue weighted by atomic mass is 10.3. The first kappa shape index (κ1) is 10.9. The van der Waals surface area contributed by atoms with Gasteiger partial charge in [0.15, 0.2) is 0 Å². The van der Waals surface area contributed by atoms with E-state index >= 15 is 0 Å². The summed E-state index contributed by atoms with van der Waals surface area (Å²) in [5, 5.41) is 8.92. The molecule has 0 unspecified atom stereocenters. The smallest absolute Gasteiger partial charge is 0.225 e. The van der Waals surface area contributed by atoms with E-state index in [4.69, 9.17) is 5.11 Å². The summed E-state index contributed by atoms with van der Waals surface area (Å²) in [5.74, 6) is 0.689. The summed E-state index contributed by atoms with van der Waals surface area (Å²) in [4.78, 5) is 10.5. The van der Waals surface area contributed by atoms with E-state index in [2.05, 4.69) is 23.8 Å². The Morgan fingerprint density at radius 3 is 2.71 bits per heavy atom. The standard InChI is InChI=1S/C10H17N3O/c1-8(2)13(6-7-14)10-11-5-4-9(3)12-10/h4-5,8,14H,6-7H2,1-3H3. The molecule has 78 valence electrons. The highest BCUT2D eigenvalue weighted by Crippen LogP contribution is 2.10. The second kappa shape index (κ2) is 4.91. The minimum absolute atomic E-state index is 0.121. The molecular formula is C10H17N3O. The van der Waals surface area contributed by atoms with Gasteiger partial charge in [0.25, 0.3) is 0 Å². The van der Waals surface area contributed by atoms with Gasteiger partial charge in [0.1, 0.15) is 0 Å². The van der Waals surface area contributed by atoms with Crippen molar-refractivity contribution in [1.82, 2.24) is 9.97 Å². The maximum Gasteiger partial charge on any atom is 0.225 e. The van der Waals surface area contributed by atoms with Crippen molar-refractivity contribution in [3.05, 3.63) is 18.0 Å². The quantitative estimate of drug-likeness (QED) is 0.778. The molecule has 0 atom stereocenters. The first-order valence-corrected chi connectivity index (χ1v) is 4.82. The Morgan fingerprint density at radius 2 is 2.21 bits per heavy atom. The molecule has 1 N–H and O–H groups in total. The van der Waals surface area contributed by atoms with Crippen LogP contribution < -0.4 is 4.90 Å². The molecule has 1 heterocycles. The molecule has 0 aliphatic heterocycles. The Hall–Kier alpha value is -1.16. The number of nitrogens with zero attached hydrogens (tertiary/aromatic N) is 3. The van der Waals surface area contributed by atoms with Gasteiger partial charge in [-0.15, -0.1) is 0 Å². The average molecular weight is 195 g/mol. The van der Waals surface area contributed by atoms with E-state index in [0.29, 0.717) is 18.5 Å². The van der Waals surface area contributed by atoms with Crippen LogP contribution in [0.1, 0.15) is 19.5 Å². The molecule has 4 heteroatoms. The summed E-state index contributed by atoms with van der Waals surface area (Å²) < 4.78 is 0. The van der Waals surface area contributed by atoms with Crippen molar-refractivity contribution in [3.63, 3.8) is 0 Å². The number of aryl methyl sites for hydroxylation is 1. The summed E-state index contributed by atoms with van der Waals surface area (Å²) in [6, 6.07) is 2.16. The lowest BCUT2D eigenvalue weighted by Gasteiger charge is -2.25. The van der Waals surface area contributed by atoms with Crippen molar-refractivity contribution < 1.29 is 5.11 Å². The van der Waals surface area contributed by atoms with Crippen LogP contribution in [0.3, 0.4) is 0 Å². The topological polar surface area (TPSA) is 49.2 Å². The van der Waals surface area contributed by atoms with Gasteiger partial charge in [-0.3, -0.25) is 0 Å². The Labute approximate surface area is 84.6 Å². The fraction of sp³-hybridized carbons (Fsp3) is 0.600. The van der Waals surface area contributed by atoms with Gasteiger partial charge >= 0.3 is 0 Å². The number of aliphatic hydroxyl groups excluding tert-OH is 1. The van der Waals surface area contributed by atoms with E-state index in [0.717, 1.165) is 5.69 Å². The van der Waals surface area contributed by atoms with Gasteiger partial charge in [0.2, 0.25) is 5.95 Å². The van der Waals surface area contributed by atoms with E-state index in [1.807, 2.05) is 17.9 Å². The highest BCUT2D eigenvalue weighted by atomic mass is 16.3. The Bertz CT molecular complexity index is 288.